The fourth-order valence-corrected chi connectivity index (χ4v) is 5.93. The fraction of sp³-hybridized carbons (Fsp3) is 0.500. The number of thiazole rings is 1. The number of benzene rings is 1. The van der Waals surface area contributed by atoms with E-state index in [2.05, 4.69) is 58.2 Å². The molecule has 0 bridgehead atoms. The number of hydrogen-bond acceptors (Lipinski definition) is 7. The fourth-order valence-electron chi connectivity index (χ4n) is 3.44. The van der Waals surface area contributed by atoms with Gasteiger partial charge in [-0.25, -0.2) is 9.78 Å². The highest BCUT2D eigenvalue weighted by Gasteiger charge is 2.27. The Kier molecular flexibility index (Phi) is 8.34. The van der Waals surface area contributed by atoms with Gasteiger partial charge in [-0.3, -0.25) is 4.79 Å². The van der Waals surface area contributed by atoms with Crippen molar-refractivity contribution in [2.24, 2.45) is 0 Å². The van der Waals surface area contributed by atoms with E-state index in [0.29, 0.717) is 24.4 Å². The lowest BCUT2D eigenvalue weighted by atomic mass is 9.94. The molecular weight excluding hydrogens is 557 g/mol. The molecule has 3 rings (SSSR count). The van der Waals surface area contributed by atoms with Crippen LogP contribution in [0.5, 0.6) is 0 Å². The van der Waals surface area contributed by atoms with Crippen LogP contribution in [0.25, 0.3) is 0 Å². The van der Waals surface area contributed by atoms with Crippen molar-refractivity contribution in [3.8, 4) is 0 Å². The zero-order chi connectivity index (χ0) is 23.5. The van der Waals surface area contributed by atoms with Gasteiger partial charge < -0.3 is 19.3 Å². The van der Waals surface area contributed by atoms with Gasteiger partial charge in [0.2, 0.25) is 0 Å². The number of amides is 1. The molecule has 0 aliphatic carbocycles. The minimum absolute atomic E-state index is 0.0410. The third-order valence-corrected chi connectivity index (χ3v) is 9.14. The molecule has 0 atom stereocenters. The van der Waals surface area contributed by atoms with Crippen molar-refractivity contribution in [1.82, 2.24) is 9.88 Å². The van der Waals surface area contributed by atoms with Gasteiger partial charge in [-0.2, -0.15) is 0 Å². The number of methoxy groups -OCH3 is 1. The van der Waals surface area contributed by atoms with Crippen molar-refractivity contribution in [2.45, 2.75) is 38.7 Å². The SMILES string of the molecule is COC(=O)c1nc(N2CCc3cccc(C(=O)N(C)COCC[Si](C)(C)C)c3C2)sc1I. The van der Waals surface area contributed by atoms with Crippen LogP contribution < -0.4 is 4.90 Å². The molecule has 1 aliphatic rings. The zero-order valence-electron chi connectivity index (χ0n) is 19.2. The predicted octanol–water partition coefficient (Wildman–Crippen LogP) is 4.48. The number of esters is 1. The van der Waals surface area contributed by atoms with Crippen molar-refractivity contribution in [2.75, 3.05) is 38.9 Å². The van der Waals surface area contributed by atoms with E-state index in [1.807, 2.05) is 12.1 Å². The first-order chi connectivity index (χ1) is 15.1. The smallest absolute Gasteiger partial charge is 0.358 e. The van der Waals surface area contributed by atoms with E-state index in [9.17, 15) is 9.59 Å². The van der Waals surface area contributed by atoms with Crippen molar-refractivity contribution >= 4 is 59.0 Å². The number of anilines is 1. The van der Waals surface area contributed by atoms with Crippen LogP contribution >= 0.6 is 33.9 Å². The summed E-state index contributed by atoms with van der Waals surface area (Å²) in [5.41, 5.74) is 3.24. The molecule has 32 heavy (non-hydrogen) atoms. The minimum Gasteiger partial charge on any atom is -0.464 e. The second-order valence-corrected chi connectivity index (χ2v) is 17.5. The molecule has 1 aromatic carbocycles. The van der Waals surface area contributed by atoms with E-state index in [1.165, 1.54) is 24.0 Å². The number of hydrogen-bond donors (Lipinski definition) is 0. The highest BCUT2D eigenvalue weighted by molar-refractivity contribution is 14.1. The van der Waals surface area contributed by atoms with Crippen LogP contribution in [-0.4, -0.2) is 63.9 Å². The quantitative estimate of drug-likeness (QED) is 0.149. The molecule has 0 N–H and O–H groups in total. The van der Waals surface area contributed by atoms with Gasteiger partial charge in [-0.1, -0.05) is 43.1 Å². The van der Waals surface area contributed by atoms with Gasteiger partial charge in [0.15, 0.2) is 10.8 Å². The van der Waals surface area contributed by atoms with Crippen LogP contribution in [0, 0.1) is 2.88 Å². The lowest BCUT2D eigenvalue weighted by molar-refractivity contribution is 0.0374. The largest absolute Gasteiger partial charge is 0.464 e. The third-order valence-electron chi connectivity index (χ3n) is 5.36. The Morgan fingerprint density at radius 2 is 2.06 bits per heavy atom. The maximum atomic E-state index is 13.2. The average Bonchev–Trinajstić information content (AvgIpc) is 3.15. The molecule has 0 fully saturated rings. The summed E-state index contributed by atoms with van der Waals surface area (Å²) in [5, 5.41) is 0.769. The van der Waals surface area contributed by atoms with Gasteiger partial charge in [0.25, 0.3) is 5.91 Å². The number of carbonyl (C=O) groups is 2. The van der Waals surface area contributed by atoms with Crippen LogP contribution in [0.1, 0.15) is 32.0 Å². The summed E-state index contributed by atoms with van der Waals surface area (Å²) in [5.74, 6) is -0.471. The monoisotopic (exact) mass is 587 g/mol. The second kappa shape index (κ2) is 10.6. The van der Waals surface area contributed by atoms with Crippen molar-refractivity contribution in [1.29, 1.82) is 0 Å². The Balaban J connectivity index is 1.73. The normalized spacial score (nSPS) is 13.6. The summed E-state index contributed by atoms with van der Waals surface area (Å²) in [6.07, 6.45) is 0.816. The number of carbonyl (C=O) groups excluding carboxylic acids is 2. The summed E-state index contributed by atoms with van der Waals surface area (Å²) < 4.78 is 11.4. The molecule has 0 saturated heterocycles. The van der Waals surface area contributed by atoms with Crippen LogP contribution in [-0.2, 0) is 22.4 Å². The molecule has 2 heterocycles. The summed E-state index contributed by atoms with van der Waals surface area (Å²) >= 11 is 3.58. The van der Waals surface area contributed by atoms with Crippen molar-refractivity contribution in [3.05, 3.63) is 43.5 Å². The maximum absolute atomic E-state index is 13.2. The average molecular weight is 588 g/mol. The zero-order valence-corrected chi connectivity index (χ0v) is 23.2. The van der Waals surface area contributed by atoms with Crippen LogP contribution in [0.4, 0.5) is 5.13 Å². The molecule has 1 aliphatic heterocycles. The Morgan fingerprint density at radius 3 is 2.75 bits per heavy atom. The molecule has 0 unspecified atom stereocenters. The van der Waals surface area contributed by atoms with E-state index in [4.69, 9.17) is 9.47 Å². The molecular formula is C22H30IN3O4SSi. The lowest BCUT2D eigenvalue weighted by Crippen LogP contribution is -2.35. The Bertz CT molecular complexity index is 992. The molecule has 174 valence electrons. The highest BCUT2D eigenvalue weighted by atomic mass is 127. The first-order valence-corrected chi connectivity index (χ1v) is 16.1. The van der Waals surface area contributed by atoms with Gasteiger partial charge in [0.05, 0.1) is 7.11 Å². The van der Waals surface area contributed by atoms with Crippen molar-refractivity contribution in [3.63, 3.8) is 0 Å². The van der Waals surface area contributed by atoms with E-state index in [0.717, 1.165) is 32.6 Å². The molecule has 10 heteroatoms. The summed E-state index contributed by atoms with van der Waals surface area (Å²) in [7, 11) is 1.98. The van der Waals surface area contributed by atoms with Crippen LogP contribution in [0.2, 0.25) is 25.7 Å². The first kappa shape index (κ1) is 25.1. The van der Waals surface area contributed by atoms with Gasteiger partial charge in [-0.05, 0) is 52.2 Å². The minimum atomic E-state index is -1.16. The second-order valence-electron chi connectivity index (χ2n) is 9.08. The number of ether oxygens (including phenoxy) is 2. The van der Waals surface area contributed by atoms with Crippen molar-refractivity contribution < 1.29 is 19.1 Å². The molecule has 1 amide bonds. The Labute approximate surface area is 208 Å². The van der Waals surface area contributed by atoms with E-state index >= 15 is 0 Å². The highest BCUT2D eigenvalue weighted by Crippen LogP contribution is 2.33. The molecule has 0 spiro atoms. The van der Waals surface area contributed by atoms with Gasteiger partial charge in [0, 0.05) is 40.4 Å². The number of aromatic nitrogens is 1. The third kappa shape index (κ3) is 6.09. The lowest BCUT2D eigenvalue weighted by Gasteiger charge is -2.30. The summed E-state index contributed by atoms with van der Waals surface area (Å²) in [4.78, 5) is 33.4. The number of nitrogens with zero attached hydrogens (tertiary/aromatic N) is 3. The molecule has 7 nitrogen and oxygen atoms in total. The summed E-state index contributed by atoms with van der Waals surface area (Å²) in [6.45, 7) is 9.25. The Morgan fingerprint density at radius 1 is 1.31 bits per heavy atom. The molecule has 0 saturated carbocycles. The summed E-state index contributed by atoms with van der Waals surface area (Å²) in [6, 6.07) is 6.99. The van der Waals surface area contributed by atoms with Crippen LogP contribution in [0.15, 0.2) is 18.2 Å². The van der Waals surface area contributed by atoms with Crippen LogP contribution in [0.3, 0.4) is 0 Å². The number of rotatable bonds is 8. The predicted molar refractivity (Wildman–Crippen MR) is 138 cm³/mol. The molecule has 1 aromatic heterocycles. The molecule has 0 radical (unpaired) electrons. The van der Waals surface area contributed by atoms with Gasteiger partial charge in [0.1, 0.15) is 9.61 Å². The standard InChI is InChI=1S/C22H30IN3O4SSi/c1-25(14-30-11-12-32(3,4)5)20(27)16-8-6-7-15-9-10-26(13-17(15)16)22-24-18(19(23)31-22)21(28)29-2/h6-8H,9-14H2,1-5H3. The van der Waals surface area contributed by atoms with Gasteiger partial charge >= 0.3 is 5.97 Å². The first-order valence-electron chi connectivity index (χ1n) is 10.5. The molecule has 2 aromatic rings. The van der Waals surface area contributed by atoms with E-state index < -0.39 is 14.0 Å². The van der Waals surface area contributed by atoms with E-state index in [1.54, 1.807) is 11.9 Å². The Hall–Kier alpha value is -1.50. The van der Waals surface area contributed by atoms with E-state index in [-0.39, 0.29) is 12.6 Å². The topological polar surface area (TPSA) is 72.0 Å². The van der Waals surface area contributed by atoms with Gasteiger partial charge in [-0.15, -0.1) is 0 Å². The number of halogens is 1. The maximum Gasteiger partial charge on any atom is 0.358 e. The number of fused-ring (bicyclic) bond motifs is 1.